The molecule has 0 amide bonds. The van der Waals surface area contributed by atoms with Crippen LogP contribution in [0.4, 0.5) is 0 Å². The second-order valence-electron chi connectivity index (χ2n) is 7.81. The molecule has 0 aliphatic carbocycles. The lowest BCUT2D eigenvalue weighted by atomic mass is 9.69. The molecule has 0 saturated heterocycles. The van der Waals surface area contributed by atoms with Crippen LogP contribution in [0.2, 0.25) is 19.6 Å². The topological polar surface area (TPSA) is 71.1 Å². The van der Waals surface area contributed by atoms with Crippen LogP contribution in [0.3, 0.4) is 0 Å². The van der Waals surface area contributed by atoms with Crippen LogP contribution in [0.1, 0.15) is 27.7 Å². The van der Waals surface area contributed by atoms with Gasteiger partial charge >= 0.3 is 11.9 Å². The summed E-state index contributed by atoms with van der Waals surface area (Å²) in [7, 11) is 2.38. The second kappa shape index (κ2) is 9.27. The first-order valence-corrected chi connectivity index (χ1v) is 11.8. The van der Waals surface area contributed by atoms with Crippen molar-refractivity contribution in [3.05, 3.63) is 12.0 Å². The molecule has 0 bridgehead atoms. The van der Waals surface area contributed by atoms with Gasteiger partial charge in [0.05, 0.1) is 32.7 Å². The maximum absolute atomic E-state index is 12.4. The molecule has 0 rings (SSSR count). The molecule has 0 aromatic carbocycles. The largest absolute Gasteiger partial charge is 0.520 e. The number of ether oxygens (including phenoxy) is 3. The molecule has 3 atom stereocenters. The first-order valence-electron chi connectivity index (χ1n) is 8.42. The highest BCUT2D eigenvalue weighted by molar-refractivity contribution is 6.70. The summed E-state index contributed by atoms with van der Waals surface area (Å²) in [4.78, 5) is 24.6. The fraction of sp³-hybridized carbons (Fsp3) is 0.778. The average Bonchev–Trinajstić information content (AvgIpc) is 2.51. The van der Waals surface area contributed by atoms with Crippen LogP contribution in [0.15, 0.2) is 12.0 Å². The van der Waals surface area contributed by atoms with E-state index in [0.29, 0.717) is 5.95 Å². The molecule has 0 N–H and O–H groups in total. The van der Waals surface area contributed by atoms with Gasteiger partial charge in [0.1, 0.15) is 0 Å². The Labute approximate surface area is 153 Å². The first-order chi connectivity index (χ1) is 11.3. The van der Waals surface area contributed by atoms with Gasteiger partial charge in [0, 0.05) is 0 Å². The summed E-state index contributed by atoms with van der Waals surface area (Å²) in [5.41, 5.74) is -0.845. The molecule has 0 aliphatic rings. The minimum absolute atomic E-state index is 0.252. The third-order valence-electron chi connectivity index (χ3n) is 4.44. The molecule has 0 saturated carbocycles. The monoisotopic (exact) mass is 374 g/mol. The van der Waals surface area contributed by atoms with E-state index in [2.05, 4.69) is 0 Å². The van der Waals surface area contributed by atoms with Crippen molar-refractivity contribution in [3.8, 4) is 0 Å². The molecule has 6 nitrogen and oxygen atoms in total. The van der Waals surface area contributed by atoms with Gasteiger partial charge in [-0.2, -0.15) is 0 Å². The molecule has 3 unspecified atom stereocenters. The van der Waals surface area contributed by atoms with E-state index in [1.807, 2.05) is 33.5 Å². The number of allylic oxidation sites excluding steroid dienone is 1. The lowest BCUT2D eigenvalue weighted by Gasteiger charge is -2.35. The molecule has 0 aromatic heterocycles. The molecule has 0 radical (unpaired) electrons. The quantitative estimate of drug-likeness (QED) is 0.349. The van der Waals surface area contributed by atoms with Gasteiger partial charge in [-0.05, 0) is 51.4 Å². The highest BCUT2D eigenvalue weighted by Gasteiger charge is 2.44. The maximum atomic E-state index is 12.4. The van der Waals surface area contributed by atoms with Crippen LogP contribution >= 0.6 is 0 Å². The highest BCUT2D eigenvalue weighted by atomic mass is 28.4. The zero-order valence-electron chi connectivity index (χ0n) is 17.3. The van der Waals surface area contributed by atoms with Gasteiger partial charge in [0.2, 0.25) is 8.32 Å². The number of rotatable bonds is 9. The third kappa shape index (κ3) is 6.72. The Balaban J connectivity index is 5.74. The fourth-order valence-electron chi connectivity index (χ4n) is 2.67. The summed E-state index contributed by atoms with van der Waals surface area (Å²) in [6.07, 6.45) is 1.78. The smallest absolute Gasteiger partial charge is 0.311 e. The van der Waals surface area contributed by atoms with Crippen molar-refractivity contribution in [3.63, 3.8) is 0 Å². The van der Waals surface area contributed by atoms with Crippen molar-refractivity contribution < 1.29 is 28.2 Å². The molecule has 146 valence electrons. The van der Waals surface area contributed by atoms with Crippen molar-refractivity contribution in [2.75, 3.05) is 21.3 Å². The zero-order chi connectivity index (χ0) is 20.0. The Morgan fingerprint density at radius 3 is 1.84 bits per heavy atom. The van der Waals surface area contributed by atoms with Crippen molar-refractivity contribution in [2.45, 2.75) is 47.3 Å². The molecular weight excluding hydrogens is 340 g/mol. The lowest BCUT2D eigenvalue weighted by molar-refractivity contribution is -0.160. The third-order valence-corrected chi connectivity index (χ3v) is 5.25. The van der Waals surface area contributed by atoms with E-state index >= 15 is 0 Å². The summed E-state index contributed by atoms with van der Waals surface area (Å²) in [5.74, 6) is -1.47. The first kappa shape index (κ1) is 23.5. The number of carbonyl (C=O) groups is 2. The lowest BCUT2D eigenvalue weighted by Crippen LogP contribution is -2.42. The second-order valence-corrected chi connectivity index (χ2v) is 12.2. The number of hydrogen-bond acceptors (Lipinski definition) is 6. The van der Waals surface area contributed by atoms with Crippen molar-refractivity contribution in [2.24, 2.45) is 23.2 Å². The van der Waals surface area contributed by atoms with Gasteiger partial charge in [0.15, 0.2) is 0 Å². The zero-order valence-corrected chi connectivity index (χ0v) is 18.3. The number of carbonyl (C=O) groups excluding carboxylic acids is 2. The maximum Gasteiger partial charge on any atom is 0.311 e. The molecule has 7 heteroatoms. The Kier molecular flexibility index (Phi) is 8.71. The van der Waals surface area contributed by atoms with Gasteiger partial charge in [-0.15, -0.1) is 0 Å². The Bertz CT molecular complexity index is 492. The van der Waals surface area contributed by atoms with Gasteiger partial charge in [-0.1, -0.05) is 13.8 Å². The summed E-state index contributed by atoms with van der Waals surface area (Å²) in [6, 6.07) is 0. The minimum Gasteiger partial charge on any atom is -0.520 e. The van der Waals surface area contributed by atoms with E-state index in [1.54, 1.807) is 19.9 Å². The predicted molar refractivity (Wildman–Crippen MR) is 99.2 cm³/mol. The van der Waals surface area contributed by atoms with Crippen LogP contribution in [-0.2, 0) is 28.2 Å². The van der Waals surface area contributed by atoms with Crippen molar-refractivity contribution >= 4 is 20.3 Å². The summed E-state index contributed by atoms with van der Waals surface area (Å²) < 4.78 is 21.1. The van der Waals surface area contributed by atoms with Crippen LogP contribution in [-0.4, -0.2) is 41.6 Å². The molecular formula is C18H34O6Si. The van der Waals surface area contributed by atoms with E-state index in [-0.39, 0.29) is 23.8 Å². The highest BCUT2D eigenvalue weighted by Crippen LogP contribution is 2.38. The van der Waals surface area contributed by atoms with Crippen LogP contribution < -0.4 is 0 Å². The average molecular weight is 375 g/mol. The standard InChI is InChI=1S/C18H34O6Si/c1-12(11-14(21-5)24-25(8,9)10)15(16(19)22-6)13(2)18(3,4)17(20)23-7/h11-13,15H,1-10H3. The fourth-order valence-corrected chi connectivity index (χ4v) is 3.43. The van der Waals surface area contributed by atoms with E-state index in [0.717, 1.165) is 0 Å². The van der Waals surface area contributed by atoms with Gasteiger partial charge in [-0.3, -0.25) is 9.59 Å². The number of methoxy groups -OCH3 is 3. The Morgan fingerprint density at radius 2 is 1.48 bits per heavy atom. The normalized spacial score (nSPS) is 16.5. The van der Waals surface area contributed by atoms with Gasteiger partial charge < -0.3 is 18.6 Å². The van der Waals surface area contributed by atoms with Gasteiger partial charge in [-0.25, -0.2) is 0 Å². The van der Waals surface area contributed by atoms with Crippen LogP contribution in [0.25, 0.3) is 0 Å². The van der Waals surface area contributed by atoms with E-state index < -0.39 is 19.7 Å². The molecule has 0 spiro atoms. The van der Waals surface area contributed by atoms with Crippen LogP contribution in [0, 0.1) is 23.2 Å². The summed E-state index contributed by atoms with van der Waals surface area (Å²) in [6.45, 7) is 13.4. The summed E-state index contributed by atoms with van der Waals surface area (Å²) in [5, 5.41) is 0. The van der Waals surface area contributed by atoms with E-state index in [9.17, 15) is 9.59 Å². The number of esters is 2. The molecule has 0 aliphatic heterocycles. The van der Waals surface area contributed by atoms with E-state index in [4.69, 9.17) is 18.6 Å². The molecule has 0 heterocycles. The van der Waals surface area contributed by atoms with Crippen LogP contribution in [0.5, 0.6) is 0 Å². The molecule has 25 heavy (non-hydrogen) atoms. The predicted octanol–water partition coefficient (Wildman–Crippen LogP) is 3.59. The molecule has 0 aromatic rings. The summed E-state index contributed by atoms with van der Waals surface area (Å²) >= 11 is 0. The van der Waals surface area contributed by atoms with Crippen molar-refractivity contribution in [1.82, 2.24) is 0 Å². The minimum atomic E-state index is -1.85. The Morgan fingerprint density at radius 1 is 0.960 bits per heavy atom. The van der Waals surface area contributed by atoms with Gasteiger partial charge in [0.25, 0.3) is 5.95 Å². The van der Waals surface area contributed by atoms with E-state index in [1.165, 1.54) is 21.3 Å². The Hall–Kier alpha value is -1.50. The van der Waals surface area contributed by atoms with Crippen molar-refractivity contribution in [1.29, 1.82) is 0 Å². The molecule has 0 fully saturated rings. The SMILES string of the molecule is COC(=O)C(C(C)C=C(OC)O[Si](C)(C)C)C(C)C(C)(C)C(=O)OC. The number of hydrogen-bond donors (Lipinski definition) is 0.